The SMILES string of the molecule is Cc1cc(C)c2c(c1)[C@H](Cc1ccccc1F)C(=O)N2. The van der Waals surface area contributed by atoms with Gasteiger partial charge in [-0.2, -0.15) is 0 Å². The maximum absolute atomic E-state index is 13.8. The van der Waals surface area contributed by atoms with Crippen molar-refractivity contribution in [3.63, 3.8) is 0 Å². The average Bonchev–Trinajstić information content (AvgIpc) is 2.70. The third kappa shape index (κ3) is 2.09. The van der Waals surface area contributed by atoms with Crippen LogP contribution in [0, 0.1) is 19.7 Å². The molecule has 3 rings (SSSR count). The minimum absolute atomic E-state index is 0.0445. The van der Waals surface area contributed by atoms with Crippen LogP contribution in [0.15, 0.2) is 36.4 Å². The molecule has 0 spiro atoms. The van der Waals surface area contributed by atoms with Crippen LogP contribution >= 0.6 is 0 Å². The lowest BCUT2D eigenvalue weighted by molar-refractivity contribution is -0.117. The van der Waals surface area contributed by atoms with E-state index >= 15 is 0 Å². The van der Waals surface area contributed by atoms with Crippen LogP contribution in [0.25, 0.3) is 0 Å². The Morgan fingerprint density at radius 3 is 2.70 bits per heavy atom. The van der Waals surface area contributed by atoms with Crippen molar-refractivity contribution in [2.45, 2.75) is 26.2 Å². The predicted octanol–water partition coefficient (Wildman–Crippen LogP) is 3.72. The summed E-state index contributed by atoms with van der Waals surface area (Å²) in [7, 11) is 0. The minimum Gasteiger partial charge on any atom is -0.325 e. The molecule has 1 aliphatic heterocycles. The number of benzene rings is 2. The molecule has 102 valence electrons. The van der Waals surface area contributed by atoms with Crippen LogP contribution in [-0.4, -0.2) is 5.91 Å². The van der Waals surface area contributed by atoms with Gasteiger partial charge in [0.25, 0.3) is 0 Å². The summed E-state index contributed by atoms with van der Waals surface area (Å²) in [5.41, 5.74) is 4.64. The monoisotopic (exact) mass is 269 g/mol. The number of rotatable bonds is 2. The van der Waals surface area contributed by atoms with E-state index in [-0.39, 0.29) is 17.6 Å². The van der Waals surface area contributed by atoms with E-state index in [1.165, 1.54) is 6.07 Å². The van der Waals surface area contributed by atoms with Crippen LogP contribution in [0.5, 0.6) is 0 Å². The fourth-order valence-corrected chi connectivity index (χ4v) is 2.88. The number of fused-ring (bicyclic) bond motifs is 1. The van der Waals surface area contributed by atoms with Crippen LogP contribution < -0.4 is 5.32 Å². The van der Waals surface area contributed by atoms with Gasteiger partial charge in [0.2, 0.25) is 5.91 Å². The van der Waals surface area contributed by atoms with Gasteiger partial charge in [0.1, 0.15) is 5.82 Å². The van der Waals surface area contributed by atoms with Gasteiger partial charge in [-0.15, -0.1) is 0 Å². The quantitative estimate of drug-likeness (QED) is 0.884. The summed E-state index contributed by atoms with van der Waals surface area (Å²) < 4.78 is 13.8. The molecule has 1 atom stereocenters. The molecule has 0 radical (unpaired) electrons. The molecule has 0 saturated carbocycles. The molecule has 1 heterocycles. The van der Waals surface area contributed by atoms with Crippen molar-refractivity contribution in [3.8, 4) is 0 Å². The molecular formula is C17H16FNO. The van der Waals surface area contributed by atoms with Crippen molar-refractivity contribution >= 4 is 11.6 Å². The van der Waals surface area contributed by atoms with Crippen molar-refractivity contribution in [1.29, 1.82) is 0 Å². The number of aryl methyl sites for hydroxylation is 2. The first-order valence-corrected chi connectivity index (χ1v) is 6.71. The Balaban J connectivity index is 2.01. The molecule has 0 aliphatic carbocycles. The number of nitrogens with one attached hydrogen (secondary N) is 1. The smallest absolute Gasteiger partial charge is 0.232 e. The fourth-order valence-electron chi connectivity index (χ4n) is 2.88. The zero-order valence-corrected chi connectivity index (χ0v) is 11.5. The molecule has 1 N–H and O–H groups in total. The average molecular weight is 269 g/mol. The van der Waals surface area contributed by atoms with Crippen molar-refractivity contribution in [2.75, 3.05) is 5.32 Å². The van der Waals surface area contributed by atoms with E-state index in [4.69, 9.17) is 0 Å². The molecule has 0 unspecified atom stereocenters. The third-order valence-electron chi connectivity index (χ3n) is 3.83. The molecule has 1 aliphatic rings. The van der Waals surface area contributed by atoms with Crippen LogP contribution in [-0.2, 0) is 11.2 Å². The summed E-state index contributed by atoms with van der Waals surface area (Å²) in [4.78, 5) is 12.2. The van der Waals surface area contributed by atoms with Crippen LogP contribution in [0.2, 0.25) is 0 Å². The molecule has 0 saturated heterocycles. The van der Waals surface area contributed by atoms with Crippen molar-refractivity contribution in [1.82, 2.24) is 0 Å². The van der Waals surface area contributed by atoms with Gasteiger partial charge in [-0.05, 0) is 43.0 Å². The van der Waals surface area contributed by atoms with Gasteiger partial charge in [-0.3, -0.25) is 4.79 Å². The zero-order chi connectivity index (χ0) is 14.3. The molecule has 0 bridgehead atoms. The lowest BCUT2D eigenvalue weighted by atomic mass is 9.91. The molecule has 20 heavy (non-hydrogen) atoms. The first-order valence-electron chi connectivity index (χ1n) is 6.71. The largest absolute Gasteiger partial charge is 0.325 e. The highest BCUT2D eigenvalue weighted by molar-refractivity contribution is 6.04. The Hall–Kier alpha value is -2.16. The Labute approximate surface area is 117 Å². The van der Waals surface area contributed by atoms with Crippen LogP contribution in [0.4, 0.5) is 10.1 Å². The number of halogens is 1. The molecular weight excluding hydrogens is 253 g/mol. The highest BCUT2D eigenvalue weighted by atomic mass is 19.1. The van der Waals surface area contributed by atoms with Crippen molar-refractivity contribution < 1.29 is 9.18 Å². The van der Waals surface area contributed by atoms with Crippen LogP contribution in [0.3, 0.4) is 0 Å². The standard InChI is InChI=1S/C17H16FNO/c1-10-7-11(2)16-13(8-10)14(17(20)19-16)9-12-5-3-4-6-15(12)18/h3-8,14H,9H2,1-2H3,(H,19,20)/t14-/m0/s1. The number of hydrogen-bond donors (Lipinski definition) is 1. The zero-order valence-electron chi connectivity index (χ0n) is 11.5. The van der Waals surface area contributed by atoms with E-state index in [0.717, 1.165) is 22.4 Å². The molecule has 1 amide bonds. The van der Waals surface area contributed by atoms with Gasteiger partial charge in [-0.25, -0.2) is 4.39 Å². The Morgan fingerprint density at radius 1 is 1.20 bits per heavy atom. The normalized spacial score (nSPS) is 16.9. The van der Waals surface area contributed by atoms with Gasteiger partial charge < -0.3 is 5.32 Å². The molecule has 2 aromatic carbocycles. The van der Waals surface area contributed by atoms with Crippen molar-refractivity contribution in [2.24, 2.45) is 0 Å². The second kappa shape index (κ2) is 4.75. The number of amides is 1. The van der Waals surface area contributed by atoms with E-state index in [1.807, 2.05) is 26.0 Å². The topological polar surface area (TPSA) is 29.1 Å². The highest BCUT2D eigenvalue weighted by Crippen LogP contribution is 2.38. The maximum atomic E-state index is 13.8. The summed E-state index contributed by atoms with van der Waals surface area (Å²) in [6.07, 6.45) is 0.397. The summed E-state index contributed by atoms with van der Waals surface area (Å²) >= 11 is 0. The Morgan fingerprint density at radius 2 is 1.95 bits per heavy atom. The summed E-state index contributed by atoms with van der Waals surface area (Å²) in [6.45, 7) is 3.99. The Bertz CT molecular complexity index is 693. The van der Waals surface area contributed by atoms with Gasteiger partial charge in [0, 0.05) is 5.69 Å². The second-order valence-electron chi connectivity index (χ2n) is 5.38. The van der Waals surface area contributed by atoms with Crippen molar-refractivity contribution in [3.05, 3.63) is 64.5 Å². The minimum atomic E-state index is -0.305. The van der Waals surface area contributed by atoms with Gasteiger partial charge in [-0.1, -0.05) is 35.9 Å². The predicted molar refractivity (Wildman–Crippen MR) is 77.4 cm³/mol. The highest BCUT2D eigenvalue weighted by Gasteiger charge is 2.32. The number of anilines is 1. The Kier molecular flexibility index (Phi) is 3.05. The summed E-state index contributed by atoms with van der Waals surface area (Å²) in [6, 6.07) is 10.7. The van der Waals surface area contributed by atoms with Gasteiger partial charge >= 0.3 is 0 Å². The lowest BCUT2D eigenvalue weighted by Crippen LogP contribution is -2.15. The molecule has 2 aromatic rings. The second-order valence-corrected chi connectivity index (χ2v) is 5.38. The fraction of sp³-hybridized carbons (Fsp3) is 0.235. The van der Waals surface area contributed by atoms with E-state index < -0.39 is 0 Å². The van der Waals surface area contributed by atoms with E-state index in [9.17, 15) is 9.18 Å². The first kappa shape index (κ1) is 12.9. The first-order chi connectivity index (χ1) is 9.56. The number of carbonyl (C=O) groups is 1. The van der Waals surface area contributed by atoms with Gasteiger partial charge in [0.05, 0.1) is 5.92 Å². The maximum Gasteiger partial charge on any atom is 0.232 e. The van der Waals surface area contributed by atoms with E-state index in [2.05, 4.69) is 5.32 Å². The summed E-state index contributed by atoms with van der Waals surface area (Å²) in [5, 5.41) is 2.92. The van der Waals surface area contributed by atoms with Gasteiger partial charge in [0.15, 0.2) is 0 Å². The number of hydrogen-bond acceptors (Lipinski definition) is 1. The molecule has 0 aromatic heterocycles. The molecule has 2 nitrogen and oxygen atoms in total. The van der Waals surface area contributed by atoms with Crippen LogP contribution in [0.1, 0.15) is 28.2 Å². The lowest BCUT2D eigenvalue weighted by Gasteiger charge is -2.11. The molecule has 3 heteroatoms. The summed E-state index contributed by atoms with van der Waals surface area (Å²) in [5.74, 6) is -0.601. The molecule has 0 fully saturated rings. The third-order valence-corrected chi connectivity index (χ3v) is 3.83. The van der Waals surface area contributed by atoms with E-state index in [1.54, 1.807) is 18.2 Å². The number of carbonyl (C=O) groups excluding carboxylic acids is 1. The van der Waals surface area contributed by atoms with E-state index in [0.29, 0.717) is 12.0 Å².